The van der Waals surface area contributed by atoms with E-state index in [0.717, 1.165) is 0 Å². The maximum absolute atomic E-state index is 10.3. The molecule has 0 bridgehead atoms. The molecule has 0 amide bonds. The first kappa shape index (κ1) is 16.7. The molecule has 0 saturated heterocycles. The number of Topliss-reactive ketones (excluding diaryl/α,β-unsaturated/α-hetero) is 1. The molecule has 0 fully saturated rings. The Morgan fingerprint density at radius 2 is 1.06 bits per heavy atom. The average molecular weight is 251 g/mol. The van der Waals surface area contributed by atoms with Crippen LogP contribution in [0.15, 0.2) is 15.8 Å². The fourth-order valence-corrected chi connectivity index (χ4v) is 0.380. The molecule has 0 aromatic rings. The van der Waals surface area contributed by atoms with Crippen molar-refractivity contribution < 1.29 is 19.4 Å². The van der Waals surface area contributed by atoms with Crippen LogP contribution in [0, 0.1) is 31.2 Å². The van der Waals surface area contributed by atoms with E-state index in [4.69, 9.17) is 0 Å². The molecule has 0 aliphatic carbocycles. The summed E-state index contributed by atoms with van der Waals surface area (Å²) >= 11 is 0. The zero-order chi connectivity index (χ0) is 14.0. The smallest absolute Gasteiger partial charge is 0.636 e. The van der Waals surface area contributed by atoms with Crippen molar-refractivity contribution in [1.82, 2.24) is 0 Å². The van der Waals surface area contributed by atoms with Crippen molar-refractivity contribution >= 4 is 5.78 Å². The summed E-state index contributed by atoms with van der Waals surface area (Å²) in [4.78, 5) is 6.33. The standard InChI is InChI=1S/C3H6O.CH4N6O6/c1-3(2)4;8-2-5(11)1(6(12)3-9)7(13)4-10/h1-2H3;1,8-10H/p-3/b;5-2-,6-3-,7-4-. The monoisotopic (exact) mass is 251 g/mol. The molecule has 0 spiro atoms. The van der Waals surface area contributed by atoms with Gasteiger partial charge in [-0.05, 0) is 29.7 Å². The van der Waals surface area contributed by atoms with Crippen molar-refractivity contribution in [2.75, 3.05) is 0 Å². The second kappa shape index (κ2) is 8.57. The van der Waals surface area contributed by atoms with E-state index < -0.39 is 20.9 Å². The SMILES string of the molecule is CC(C)=O.[O-]/N=[N+](\[O-])C(/[N+]([O-])=N/[O-])/[N+]([O-])=N/[O-]. The molecular weight excluding hydrogens is 244 g/mol. The highest BCUT2D eigenvalue weighted by molar-refractivity contribution is 5.72. The fraction of sp³-hybridized carbons (Fsp3) is 0.750. The number of carbonyl (C=O) groups excluding carboxylic acids is 1. The second-order valence-electron chi connectivity index (χ2n) is 2.41. The molecule has 0 aliphatic rings. The van der Waals surface area contributed by atoms with Gasteiger partial charge in [0.05, 0.1) is 0 Å². The Bertz CT molecular complexity index is 290. The minimum absolute atomic E-state index is 0.167. The van der Waals surface area contributed by atoms with Gasteiger partial charge in [0.2, 0.25) is 0 Å². The molecule has 13 heteroatoms. The van der Waals surface area contributed by atoms with E-state index in [2.05, 4.69) is 0 Å². The molecule has 0 aromatic heterocycles. The van der Waals surface area contributed by atoms with E-state index in [-0.39, 0.29) is 5.78 Å². The van der Waals surface area contributed by atoms with Crippen LogP contribution in [-0.2, 0) is 4.79 Å². The minimum atomic E-state index is -2.67. The van der Waals surface area contributed by atoms with Crippen LogP contribution in [0.5, 0.6) is 0 Å². The summed E-state index contributed by atoms with van der Waals surface area (Å²) in [7, 11) is 0. The fourth-order valence-electron chi connectivity index (χ4n) is 0.380. The Hall–Kier alpha value is -2.73. The van der Waals surface area contributed by atoms with Crippen molar-refractivity contribution in [2.24, 2.45) is 15.8 Å². The van der Waals surface area contributed by atoms with Gasteiger partial charge in [-0.3, -0.25) is 0 Å². The number of hydrogen-bond acceptors (Lipinski definition) is 10. The van der Waals surface area contributed by atoms with Gasteiger partial charge in [0.25, 0.3) is 0 Å². The first-order valence-electron chi connectivity index (χ1n) is 3.67. The van der Waals surface area contributed by atoms with Gasteiger partial charge in [-0.1, -0.05) is 0 Å². The Morgan fingerprint density at radius 3 is 1.18 bits per heavy atom. The first-order chi connectivity index (χ1) is 7.81. The normalized spacial score (nSPS) is 13.0. The molecule has 13 nitrogen and oxygen atoms in total. The lowest BCUT2D eigenvalue weighted by atomic mass is 10.6. The molecular formula is C4H7N6O7-3. The molecule has 0 rings (SSSR count). The lowest BCUT2D eigenvalue weighted by Gasteiger charge is -2.09. The summed E-state index contributed by atoms with van der Waals surface area (Å²) in [5, 5.41) is 64.1. The van der Waals surface area contributed by atoms with Crippen LogP contribution >= 0.6 is 0 Å². The van der Waals surface area contributed by atoms with Crippen LogP contribution in [0.25, 0.3) is 0 Å². The summed E-state index contributed by atoms with van der Waals surface area (Å²) in [5.41, 5.74) is 0. The highest BCUT2D eigenvalue weighted by atomic mass is 16.7. The lowest BCUT2D eigenvalue weighted by molar-refractivity contribution is -0.945. The quantitative estimate of drug-likeness (QED) is 0.295. The third kappa shape index (κ3) is 7.23. The van der Waals surface area contributed by atoms with Gasteiger partial charge in [-0.25, -0.2) is 0 Å². The number of rotatable bonds is 3. The van der Waals surface area contributed by atoms with Gasteiger partial charge < -0.3 is 36.0 Å². The van der Waals surface area contributed by atoms with E-state index in [1.807, 2.05) is 0 Å². The molecule has 17 heavy (non-hydrogen) atoms. The molecule has 98 valence electrons. The highest BCUT2D eigenvalue weighted by Crippen LogP contribution is 1.97. The molecule has 0 saturated carbocycles. The van der Waals surface area contributed by atoms with Gasteiger partial charge in [0.1, 0.15) is 5.78 Å². The summed E-state index contributed by atoms with van der Waals surface area (Å²) in [6.07, 6.45) is -2.67. The van der Waals surface area contributed by atoms with Crippen molar-refractivity contribution in [3.8, 4) is 0 Å². The number of ketones is 1. The van der Waals surface area contributed by atoms with Crippen molar-refractivity contribution in [1.29, 1.82) is 0 Å². The van der Waals surface area contributed by atoms with E-state index in [1.54, 1.807) is 15.8 Å². The summed E-state index contributed by atoms with van der Waals surface area (Å²) in [5.74, 6) is 0.167. The predicted molar refractivity (Wildman–Crippen MR) is 48.4 cm³/mol. The molecule has 0 aromatic carbocycles. The van der Waals surface area contributed by atoms with Crippen molar-refractivity contribution in [2.45, 2.75) is 20.1 Å². The summed E-state index contributed by atoms with van der Waals surface area (Å²) in [6.45, 7) is 3.06. The van der Waals surface area contributed by atoms with Gasteiger partial charge >= 0.3 is 6.29 Å². The van der Waals surface area contributed by atoms with Gasteiger partial charge in [-0.2, -0.15) is 0 Å². The number of hydroxylamine groups is 3. The van der Waals surface area contributed by atoms with Crippen LogP contribution in [0.2, 0.25) is 0 Å². The Labute approximate surface area is 93.5 Å². The second-order valence-corrected chi connectivity index (χ2v) is 2.41. The average Bonchev–Trinajstić information content (AvgIpc) is 2.27. The first-order valence-corrected chi connectivity index (χ1v) is 3.67. The third-order valence-corrected chi connectivity index (χ3v) is 0.834. The number of hydrogen-bond donors (Lipinski definition) is 0. The zero-order valence-corrected chi connectivity index (χ0v) is 8.62. The minimum Gasteiger partial charge on any atom is -0.739 e. The van der Waals surface area contributed by atoms with E-state index in [0.29, 0.717) is 0 Å². The Morgan fingerprint density at radius 1 is 0.882 bits per heavy atom. The molecule has 0 unspecified atom stereocenters. The number of nitrogens with zero attached hydrogens (tertiary/aromatic N) is 6. The highest BCUT2D eigenvalue weighted by Gasteiger charge is 2.37. The van der Waals surface area contributed by atoms with Gasteiger partial charge in [0, 0.05) is 14.6 Å². The van der Waals surface area contributed by atoms with Crippen LogP contribution in [0.3, 0.4) is 0 Å². The topological polar surface area (TPSA) is 202 Å². The lowest BCUT2D eigenvalue weighted by Crippen LogP contribution is -2.37. The van der Waals surface area contributed by atoms with Gasteiger partial charge in [0.15, 0.2) is 0 Å². The predicted octanol–water partition coefficient (Wildman–Crippen LogP) is 0.246. The third-order valence-electron chi connectivity index (χ3n) is 0.834. The Kier molecular flexibility index (Phi) is 8.41. The molecule has 0 heterocycles. The summed E-state index contributed by atoms with van der Waals surface area (Å²) in [6, 6.07) is 0. The molecule has 0 aliphatic heterocycles. The van der Waals surface area contributed by atoms with Crippen molar-refractivity contribution in [3.05, 3.63) is 31.2 Å². The molecule has 0 radical (unpaired) electrons. The van der Waals surface area contributed by atoms with E-state index in [9.17, 15) is 36.0 Å². The van der Waals surface area contributed by atoms with E-state index >= 15 is 0 Å². The summed E-state index contributed by atoms with van der Waals surface area (Å²) < 4.78 is 0. The zero-order valence-electron chi connectivity index (χ0n) is 8.62. The van der Waals surface area contributed by atoms with E-state index in [1.165, 1.54) is 13.8 Å². The maximum atomic E-state index is 10.3. The van der Waals surface area contributed by atoms with Crippen molar-refractivity contribution in [3.63, 3.8) is 0 Å². The van der Waals surface area contributed by atoms with Crippen LogP contribution < -0.4 is 0 Å². The Balaban J connectivity index is 0. The van der Waals surface area contributed by atoms with Crippen LogP contribution in [-0.4, -0.2) is 26.7 Å². The number of carbonyl (C=O) groups is 1. The van der Waals surface area contributed by atoms with Crippen LogP contribution in [0.4, 0.5) is 0 Å². The molecule has 0 atom stereocenters. The molecule has 0 N–H and O–H groups in total. The van der Waals surface area contributed by atoms with Gasteiger partial charge in [-0.15, -0.1) is 0 Å². The maximum Gasteiger partial charge on any atom is 0.636 e. The van der Waals surface area contributed by atoms with Crippen LogP contribution in [0.1, 0.15) is 13.8 Å². The largest absolute Gasteiger partial charge is 0.739 e.